The van der Waals surface area contributed by atoms with Crippen LogP contribution < -0.4 is 0 Å². The molecule has 0 radical (unpaired) electrons. The van der Waals surface area contributed by atoms with E-state index in [1.54, 1.807) is 0 Å². The minimum Gasteiger partial charge on any atom is -0.507 e. The Morgan fingerprint density at radius 3 is 1.32 bits per heavy atom. The molecule has 0 saturated carbocycles. The van der Waals surface area contributed by atoms with E-state index < -0.39 is 56.8 Å². The number of carbonyl (C=O) groups is 2. The molecule has 3 rings (SSSR count). The molecule has 0 saturated heterocycles. The lowest BCUT2D eigenvalue weighted by Crippen LogP contribution is -2.22. The zero-order valence-electron chi connectivity index (χ0n) is 10.5. The average molecular weight is 430 g/mol. The molecule has 4 N–H and O–H groups in total. The standard InChI is InChI=1S/C14H6Br2O6/c15-3-1-5(17)7-9(11(3)19)14(22)10-8(13(7)21)6(18)2-4(16)12(10)20/h1-2,17-20H. The van der Waals surface area contributed by atoms with Crippen LogP contribution in [-0.2, 0) is 0 Å². The Bertz CT molecular complexity index is 818. The molecule has 0 bridgehead atoms. The van der Waals surface area contributed by atoms with Crippen LogP contribution in [0.15, 0.2) is 21.1 Å². The van der Waals surface area contributed by atoms with Crippen molar-refractivity contribution in [2.24, 2.45) is 0 Å². The first kappa shape index (κ1) is 14.9. The summed E-state index contributed by atoms with van der Waals surface area (Å²) in [6.45, 7) is 0. The highest BCUT2D eigenvalue weighted by Gasteiger charge is 2.39. The van der Waals surface area contributed by atoms with Crippen molar-refractivity contribution in [3.05, 3.63) is 43.3 Å². The van der Waals surface area contributed by atoms with Gasteiger partial charge in [-0.3, -0.25) is 9.59 Å². The molecule has 0 heterocycles. The number of hydrogen-bond donors (Lipinski definition) is 4. The Morgan fingerprint density at radius 1 is 0.636 bits per heavy atom. The van der Waals surface area contributed by atoms with E-state index in [9.17, 15) is 30.0 Å². The van der Waals surface area contributed by atoms with Crippen LogP contribution in [0.2, 0.25) is 0 Å². The monoisotopic (exact) mass is 428 g/mol. The molecule has 0 aromatic heterocycles. The fourth-order valence-electron chi connectivity index (χ4n) is 2.40. The number of phenolic OH excluding ortho intramolecular Hbond substituents is 4. The van der Waals surface area contributed by atoms with Crippen LogP contribution in [0.4, 0.5) is 0 Å². The van der Waals surface area contributed by atoms with E-state index in [2.05, 4.69) is 31.9 Å². The highest BCUT2D eigenvalue weighted by atomic mass is 79.9. The molecule has 1 aliphatic rings. The number of benzene rings is 2. The maximum atomic E-state index is 12.6. The third-order valence-corrected chi connectivity index (χ3v) is 4.58. The molecule has 8 heteroatoms. The van der Waals surface area contributed by atoms with E-state index in [1.165, 1.54) is 0 Å². The van der Waals surface area contributed by atoms with E-state index in [-0.39, 0.29) is 8.95 Å². The molecule has 0 spiro atoms. The number of aromatic hydroxyl groups is 4. The molecule has 2 aromatic carbocycles. The summed E-state index contributed by atoms with van der Waals surface area (Å²) in [5, 5.41) is 39.9. The predicted octanol–water partition coefficient (Wildman–Crippen LogP) is 2.81. The Morgan fingerprint density at radius 2 is 0.955 bits per heavy atom. The third-order valence-electron chi connectivity index (χ3n) is 3.37. The van der Waals surface area contributed by atoms with E-state index in [1.807, 2.05) is 0 Å². The second-order valence-corrected chi connectivity index (χ2v) is 6.32. The van der Waals surface area contributed by atoms with Crippen molar-refractivity contribution >= 4 is 43.4 Å². The van der Waals surface area contributed by atoms with Gasteiger partial charge >= 0.3 is 0 Å². The van der Waals surface area contributed by atoms with Crippen LogP contribution in [-0.4, -0.2) is 32.0 Å². The highest BCUT2D eigenvalue weighted by Crippen LogP contribution is 2.47. The third kappa shape index (κ3) is 1.77. The Labute approximate surface area is 139 Å². The first-order chi connectivity index (χ1) is 10.3. The van der Waals surface area contributed by atoms with Crippen LogP contribution in [0, 0.1) is 0 Å². The smallest absolute Gasteiger partial charge is 0.202 e. The maximum absolute atomic E-state index is 12.6. The minimum atomic E-state index is -0.882. The SMILES string of the molecule is O=C1c2c(O)cc(Br)c(O)c2C(=O)c2c(O)c(Br)cc(O)c21. The van der Waals surface area contributed by atoms with Gasteiger partial charge in [-0.05, 0) is 44.0 Å². The lowest BCUT2D eigenvalue weighted by Gasteiger charge is -2.21. The quantitative estimate of drug-likeness (QED) is 0.408. The summed E-state index contributed by atoms with van der Waals surface area (Å²) in [5.41, 5.74) is -1.71. The molecule has 0 unspecified atom stereocenters. The summed E-state index contributed by atoms with van der Waals surface area (Å²) in [5.74, 6) is -3.86. The Kier molecular flexibility index (Phi) is 3.19. The summed E-state index contributed by atoms with van der Waals surface area (Å²) in [6.07, 6.45) is 0. The van der Waals surface area contributed by atoms with Gasteiger partial charge in [0.25, 0.3) is 0 Å². The molecular formula is C14H6Br2O6. The summed E-state index contributed by atoms with van der Waals surface area (Å²) in [6, 6.07) is 2.14. The topological polar surface area (TPSA) is 115 Å². The number of hydrogen-bond acceptors (Lipinski definition) is 6. The molecule has 112 valence electrons. The van der Waals surface area contributed by atoms with Crippen LogP contribution in [0.1, 0.15) is 31.8 Å². The van der Waals surface area contributed by atoms with Crippen molar-refractivity contribution in [1.29, 1.82) is 0 Å². The van der Waals surface area contributed by atoms with Gasteiger partial charge in [0, 0.05) is 0 Å². The Balaban J connectivity index is 2.49. The van der Waals surface area contributed by atoms with Crippen LogP contribution in [0.25, 0.3) is 0 Å². The van der Waals surface area contributed by atoms with Crippen molar-refractivity contribution in [2.75, 3.05) is 0 Å². The summed E-state index contributed by atoms with van der Waals surface area (Å²) in [7, 11) is 0. The van der Waals surface area contributed by atoms with Gasteiger partial charge < -0.3 is 20.4 Å². The summed E-state index contributed by atoms with van der Waals surface area (Å²) in [4.78, 5) is 25.1. The van der Waals surface area contributed by atoms with Crippen molar-refractivity contribution in [2.45, 2.75) is 0 Å². The van der Waals surface area contributed by atoms with Crippen molar-refractivity contribution in [3.8, 4) is 23.0 Å². The largest absolute Gasteiger partial charge is 0.507 e. The molecule has 6 nitrogen and oxygen atoms in total. The highest BCUT2D eigenvalue weighted by molar-refractivity contribution is 9.10. The van der Waals surface area contributed by atoms with E-state index in [0.717, 1.165) is 12.1 Å². The number of fused-ring (bicyclic) bond motifs is 2. The molecular weight excluding hydrogens is 424 g/mol. The molecule has 0 amide bonds. The van der Waals surface area contributed by atoms with Crippen LogP contribution in [0.3, 0.4) is 0 Å². The first-order valence-electron chi connectivity index (χ1n) is 5.84. The number of ketones is 2. The van der Waals surface area contributed by atoms with Gasteiger partial charge in [-0.1, -0.05) is 0 Å². The molecule has 0 atom stereocenters. The Hall–Kier alpha value is -2.06. The van der Waals surface area contributed by atoms with Gasteiger partial charge in [-0.2, -0.15) is 0 Å². The molecule has 2 aromatic rings. The van der Waals surface area contributed by atoms with Gasteiger partial charge in [-0.25, -0.2) is 0 Å². The van der Waals surface area contributed by atoms with Gasteiger partial charge in [0.15, 0.2) is 0 Å². The fourth-order valence-corrected chi connectivity index (χ4v) is 3.23. The zero-order valence-corrected chi connectivity index (χ0v) is 13.7. The van der Waals surface area contributed by atoms with E-state index >= 15 is 0 Å². The van der Waals surface area contributed by atoms with Crippen molar-refractivity contribution in [3.63, 3.8) is 0 Å². The summed E-state index contributed by atoms with van der Waals surface area (Å²) >= 11 is 5.93. The van der Waals surface area contributed by atoms with Crippen LogP contribution in [0.5, 0.6) is 23.0 Å². The number of carbonyl (C=O) groups excluding carboxylic acids is 2. The van der Waals surface area contributed by atoms with Gasteiger partial charge in [0.2, 0.25) is 11.6 Å². The molecule has 1 aliphatic carbocycles. The van der Waals surface area contributed by atoms with Crippen molar-refractivity contribution < 1.29 is 30.0 Å². The normalized spacial score (nSPS) is 13.0. The molecule has 0 fully saturated rings. The maximum Gasteiger partial charge on any atom is 0.202 e. The van der Waals surface area contributed by atoms with E-state index in [0.29, 0.717) is 0 Å². The second-order valence-electron chi connectivity index (χ2n) is 4.61. The average Bonchev–Trinajstić information content (AvgIpc) is 2.44. The number of halogens is 2. The lowest BCUT2D eigenvalue weighted by molar-refractivity contribution is 0.0969. The molecule has 22 heavy (non-hydrogen) atoms. The second kappa shape index (κ2) is 4.72. The van der Waals surface area contributed by atoms with Gasteiger partial charge in [-0.15, -0.1) is 0 Å². The lowest BCUT2D eigenvalue weighted by atomic mass is 9.82. The minimum absolute atomic E-state index is 0.0204. The number of phenols is 4. The van der Waals surface area contributed by atoms with Crippen molar-refractivity contribution in [1.82, 2.24) is 0 Å². The predicted molar refractivity (Wildman–Crippen MR) is 81.8 cm³/mol. The first-order valence-corrected chi connectivity index (χ1v) is 7.42. The fraction of sp³-hybridized carbons (Fsp3) is 0. The van der Waals surface area contributed by atoms with Crippen LogP contribution >= 0.6 is 31.9 Å². The number of rotatable bonds is 0. The van der Waals surface area contributed by atoms with Gasteiger partial charge in [0.1, 0.15) is 23.0 Å². The summed E-state index contributed by atoms with van der Waals surface area (Å²) < 4.78 is 0.0408. The van der Waals surface area contributed by atoms with Gasteiger partial charge in [0.05, 0.1) is 31.2 Å². The van der Waals surface area contributed by atoms with E-state index in [4.69, 9.17) is 0 Å². The molecule has 0 aliphatic heterocycles. The zero-order chi connectivity index (χ0) is 16.3.